The second-order valence-corrected chi connectivity index (χ2v) is 6.30. The van der Waals surface area contributed by atoms with Crippen molar-refractivity contribution in [1.82, 2.24) is 0 Å². The highest BCUT2D eigenvalue weighted by Gasteiger charge is 2.32. The van der Waals surface area contributed by atoms with E-state index in [0.717, 1.165) is 37.4 Å². The number of methoxy groups -OCH3 is 1. The largest absolute Gasteiger partial charge is 0.467 e. The number of hydrogen-bond acceptors (Lipinski definition) is 7. The van der Waals surface area contributed by atoms with E-state index in [9.17, 15) is 27.7 Å². The lowest BCUT2D eigenvalue weighted by molar-refractivity contribution is -0.384. The van der Waals surface area contributed by atoms with Crippen molar-refractivity contribution in [1.29, 1.82) is 0 Å². The molecule has 0 aliphatic carbocycles. The van der Waals surface area contributed by atoms with Crippen molar-refractivity contribution in [2.24, 2.45) is 0 Å². The van der Waals surface area contributed by atoms with Gasteiger partial charge in [-0.3, -0.25) is 10.1 Å². The maximum atomic E-state index is 13.9. The summed E-state index contributed by atoms with van der Waals surface area (Å²) in [6.07, 6.45) is -1.86. The van der Waals surface area contributed by atoms with Crippen LogP contribution >= 0.6 is 0 Å². The van der Waals surface area contributed by atoms with Crippen molar-refractivity contribution in [3.8, 4) is 0 Å². The predicted molar refractivity (Wildman–Crippen MR) is 82.5 cm³/mol. The molecule has 8 nitrogen and oxygen atoms in total. The number of carbonyl (C=O) groups is 1. The molecule has 132 valence electrons. The first-order chi connectivity index (χ1) is 11.8. The maximum absolute atomic E-state index is 13.9. The van der Waals surface area contributed by atoms with Gasteiger partial charge in [0.1, 0.15) is 5.82 Å². The molecular formula is C15H12FNO7S. The highest BCUT2D eigenvalue weighted by Crippen LogP contribution is 2.27. The molecule has 0 unspecified atom stereocenters. The number of ether oxygens (including phenoxy) is 1. The predicted octanol–water partition coefficient (Wildman–Crippen LogP) is 2.35. The van der Waals surface area contributed by atoms with Crippen LogP contribution in [-0.2, 0) is 23.8 Å². The molecule has 0 fully saturated rings. The van der Waals surface area contributed by atoms with Crippen LogP contribution in [0.2, 0.25) is 0 Å². The SMILES string of the molecule is COC(=O)[C@H](OS(=O)(=O)c1ccc([N+](=O)[O-])cc1)c1ccccc1F. The Kier molecular flexibility index (Phi) is 5.45. The van der Waals surface area contributed by atoms with Gasteiger partial charge in [-0.2, -0.15) is 8.42 Å². The number of rotatable bonds is 6. The fourth-order valence-electron chi connectivity index (χ4n) is 1.93. The summed E-state index contributed by atoms with van der Waals surface area (Å²) in [5, 5.41) is 10.6. The van der Waals surface area contributed by atoms with Gasteiger partial charge in [-0.15, -0.1) is 0 Å². The minimum atomic E-state index is -4.51. The Hall–Kier alpha value is -2.85. The monoisotopic (exact) mass is 369 g/mol. The van der Waals surface area contributed by atoms with Crippen molar-refractivity contribution in [3.63, 3.8) is 0 Å². The zero-order valence-electron chi connectivity index (χ0n) is 12.8. The quantitative estimate of drug-likeness (QED) is 0.332. The molecule has 0 aliphatic heterocycles. The molecule has 0 saturated heterocycles. The van der Waals surface area contributed by atoms with Gasteiger partial charge in [-0.05, 0) is 18.2 Å². The van der Waals surface area contributed by atoms with Crippen LogP contribution < -0.4 is 0 Å². The number of nitro benzene ring substituents is 1. The van der Waals surface area contributed by atoms with E-state index in [1.165, 1.54) is 18.2 Å². The average Bonchev–Trinajstić information content (AvgIpc) is 2.60. The lowest BCUT2D eigenvalue weighted by atomic mass is 10.1. The molecule has 0 N–H and O–H groups in total. The third-order valence-electron chi connectivity index (χ3n) is 3.16. The molecule has 0 amide bonds. The summed E-state index contributed by atoms with van der Waals surface area (Å²) < 4.78 is 47.8. The summed E-state index contributed by atoms with van der Waals surface area (Å²) in [6, 6.07) is 8.80. The third kappa shape index (κ3) is 4.17. The Morgan fingerprint density at radius 2 is 1.76 bits per heavy atom. The van der Waals surface area contributed by atoms with E-state index >= 15 is 0 Å². The fourth-order valence-corrected chi connectivity index (χ4v) is 2.95. The van der Waals surface area contributed by atoms with Gasteiger partial charge in [0.05, 0.1) is 16.9 Å². The lowest BCUT2D eigenvalue weighted by Gasteiger charge is -2.16. The van der Waals surface area contributed by atoms with Gasteiger partial charge in [0, 0.05) is 17.7 Å². The first-order valence-corrected chi connectivity index (χ1v) is 8.17. The first-order valence-electron chi connectivity index (χ1n) is 6.76. The van der Waals surface area contributed by atoms with E-state index in [1.807, 2.05) is 0 Å². The molecule has 1 atom stereocenters. The minimum absolute atomic E-state index is 0.320. The number of nitro groups is 1. The van der Waals surface area contributed by atoms with E-state index in [4.69, 9.17) is 4.18 Å². The summed E-state index contributed by atoms with van der Waals surface area (Å²) in [6.45, 7) is 0. The van der Waals surface area contributed by atoms with Crippen molar-refractivity contribution in [2.75, 3.05) is 7.11 Å². The molecule has 2 rings (SSSR count). The zero-order chi connectivity index (χ0) is 18.6. The van der Waals surface area contributed by atoms with Gasteiger partial charge in [-0.1, -0.05) is 18.2 Å². The van der Waals surface area contributed by atoms with E-state index in [-0.39, 0.29) is 11.3 Å². The molecule has 10 heteroatoms. The second kappa shape index (κ2) is 7.36. The van der Waals surface area contributed by atoms with Gasteiger partial charge in [0.2, 0.25) is 6.10 Å². The van der Waals surface area contributed by atoms with Crippen LogP contribution in [0.1, 0.15) is 11.7 Å². The molecular weight excluding hydrogens is 357 g/mol. The smallest absolute Gasteiger partial charge is 0.341 e. The van der Waals surface area contributed by atoms with E-state index < -0.39 is 37.8 Å². The number of benzene rings is 2. The van der Waals surface area contributed by atoms with Crippen LogP contribution in [0.25, 0.3) is 0 Å². The highest BCUT2D eigenvalue weighted by atomic mass is 32.2. The number of nitrogens with zero attached hydrogens (tertiary/aromatic N) is 1. The third-order valence-corrected chi connectivity index (χ3v) is 4.46. The van der Waals surface area contributed by atoms with Gasteiger partial charge >= 0.3 is 5.97 Å². The molecule has 0 aromatic heterocycles. The Bertz CT molecular complexity index is 896. The standard InChI is InChI=1S/C15H12FNO7S/c1-23-15(18)14(12-4-2-3-5-13(12)16)24-25(21,22)11-8-6-10(7-9-11)17(19)20/h2-9,14H,1H3/t14-/m1/s1. The molecule has 0 saturated carbocycles. The van der Waals surface area contributed by atoms with Crippen molar-refractivity contribution in [3.05, 3.63) is 70.0 Å². The molecule has 0 heterocycles. The number of hydrogen-bond donors (Lipinski definition) is 0. The lowest BCUT2D eigenvalue weighted by Crippen LogP contribution is -2.22. The summed E-state index contributed by atoms with van der Waals surface area (Å²) in [7, 11) is -3.51. The van der Waals surface area contributed by atoms with Crippen LogP contribution in [0.5, 0.6) is 0 Å². The van der Waals surface area contributed by atoms with Gasteiger partial charge in [0.25, 0.3) is 15.8 Å². The maximum Gasteiger partial charge on any atom is 0.341 e. The zero-order valence-corrected chi connectivity index (χ0v) is 13.6. The summed E-state index contributed by atoms with van der Waals surface area (Å²) in [5.41, 5.74) is -0.641. The Morgan fingerprint density at radius 1 is 1.16 bits per heavy atom. The molecule has 2 aromatic carbocycles. The van der Waals surface area contributed by atoms with Crippen LogP contribution in [0.15, 0.2) is 53.4 Å². The highest BCUT2D eigenvalue weighted by molar-refractivity contribution is 7.86. The number of esters is 1. The molecule has 25 heavy (non-hydrogen) atoms. The number of halogens is 1. The Balaban J connectivity index is 2.39. The van der Waals surface area contributed by atoms with Gasteiger partial charge in [-0.25, -0.2) is 13.4 Å². The topological polar surface area (TPSA) is 113 Å². The molecule has 0 aliphatic rings. The minimum Gasteiger partial charge on any atom is -0.467 e. The Labute approximate surface area is 142 Å². The summed E-state index contributed by atoms with van der Waals surface area (Å²) in [5.74, 6) is -1.97. The van der Waals surface area contributed by atoms with Gasteiger partial charge < -0.3 is 4.74 Å². The molecule has 0 radical (unpaired) electrons. The van der Waals surface area contributed by atoms with E-state index in [0.29, 0.717) is 0 Å². The van der Waals surface area contributed by atoms with Crippen molar-refractivity contribution < 1.29 is 31.4 Å². The molecule has 2 aromatic rings. The second-order valence-electron chi connectivity index (χ2n) is 4.73. The van der Waals surface area contributed by atoms with E-state index in [1.54, 1.807) is 0 Å². The van der Waals surface area contributed by atoms with Crippen molar-refractivity contribution >= 4 is 21.8 Å². The van der Waals surface area contributed by atoms with Crippen LogP contribution in [0.4, 0.5) is 10.1 Å². The van der Waals surface area contributed by atoms with Crippen LogP contribution in [-0.4, -0.2) is 26.4 Å². The van der Waals surface area contributed by atoms with Gasteiger partial charge in [0.15, 0.2) is 0 Å². The molecule has 0 bridgehead atoms. The van der Waals surface area contributed by atoms with Crippen LogP contribution in [0, 0.1) is 15.9 Å². The number of non-ortho nitro benzene ring substituents is 1. The Morgan fingerprint density at radius 3 is 2.28 bits per heavy atom. The normalized spacial score (nSPS) is 12.4. The summed E-state index contributed by atoms with van der Waals surface area (Å²) >= 11 is 0. The number of carbonyl (C=O) groups excluding carboxylic acids is 1. The molecule has 0 spiro atoms. The summed E-state index contributed by atoms with van der Waals surface area (Å²) in [4.78, 5) is 21.3. The van der Waals surface area contributed by atoms with E-state index in [2.05, 4.69) is 4.74 Å². The first kappa shape index (κ1) is 18.5. The van der Waals surface area contributed by atoms with Crippen molar-refractivity contribution in [2.45, 2.75) is 11.0 Å². The fraction of sp³-hybridized carbons (Fsp3) is 0.133. The average molecular weight is 369 g/mol. The van der Waals surface area contributed by atoms with Crippen LogP contribution in [0.3, 0.4) is 0 Å².